The summed E-state index contributed by atoms with van der Waals surface area (Å²) in [4.78, 5) is 3.05. The van der Waals surface area contributed by atoms with Gasteiger partial charge in [0.1, 0.15) is 11.8 Å². The summed E-state index contributed by atoms with van der Waals surface area (Å²) in [6, 6.07) is 5.97. The van der Waals surface area contributed by atoms with E-state index in [9.17, 15) is 0 Å². The molecule has 1 heterocycles. The van der Waals surface area contributed by atoms with Gasteiger partial charge in [0, 0.05) is 22.7 Å². The van der Waals surface area contributed by atoms with Gasteiger partial charge in [-0.3, -0.25) is 0 Å². The van der Waals surface area contributed by atoms with Crippen molar-refractivity contribution in [3.8, 4) is 11.8 Å². The monoisotopic (exact) mass is 186 g/mol. The lowest BCUT2D eigenvalue weighted by Gasteiger charge is -2.04. The molecular weight excluding hydrogens is 176 g/mol. The molecule has 2 rings (SSSR count). The number of nitriles is 1. The van der Waals surface area contributed by atoms with E-state index < -0.39 is 0 Å². The van der Waals surface area contributed by atoms with Crippen molar-refractivity contribution in [2.24, 2.45) is 0 Å². The van der Waals surface area contributed by atoms with Crippen molar-refractivity contribution in [2.75, 3.05) is 7.11 Å². The highest BCUT2D eigenvalue weighted by atomic mass is 16.5. The lowest BCUT2D eigenvalue weighted by atomic mass is 10.1. The van der Waals surface area contributed by atoms with Crippen LogP contribution in [0.3, 0.4) is 0 Å². The summed E-state index contributed by atoms with van der Waals surface area (Å²) in [7, 11) is 1.63. The minimum atomic E-state index is 0.663. The number of benzene rings is 1. The van der Waals surface area contributed by atoms with E-state index in [4.69, 9.17) is 10.00 Å². The molecule has 14 heavy (non-hydrogen) atoms. The van der Waals surface area contributed by atoms with Crippen molar-refractivity contribution in [2.45, 2.75) is 6.92 Å². The second-order valence-electron chi connectivity index (χ2n) is 3.13. The molecule has 1 aromatic carbocycles. The Labute approximate surface area is 81.9 Å². The third-order valence-electron chi connectivity index (χ3n) is 2.40. The first-order valence-electron chi connectivity index (χ1n) is 4.32. The molecule has 1 N–H and O–H groups in total. The van der Waals surface area contributed by atoms with Crippen LogP contribution in [0.4, 0.5) is 0 Å². The number of nitrogens with one attached hydrogen (secondary N) is 1. The number of fused-ring (bicyclic) bond motifs is 1. The highest BCUT2D eigenvalue weighted by Crippen LogP contribution is 2.28. The third kappa shape index (κ3) is 1.05. The Bertz CT molecular complexity index is 520. The fraction of sp³-hybridized carbons (Fsp3) is 0.182. The van der Waals surface area contributed by atoms with E-state index in [1.54, 1.807) is 13.3 Å². The molecule has 0 spiro atoms. The van der Waals surface area contributed by atoms with Gasteiger partial charge in [0.05, 0.1) is 12.7 Å². The number of aryl methyl sites for hydroxylation is 1. The molecule has 2 aromatic rings. The molecule has 0 unspecified atom stereocenters. The van der Waals surface area contributed by atoms with Crippen molar-refractivity contribution in [1.82, 2.24) is 4.98 Å². The van der Waals surface area contributed by atoms with Crippen LogP contribution in [0.5, 0.6) is 5.75 Å². The molecule has 0 radical (unpaired) electrons. The Kier molecular flexibility index (Phi) is 1.90. The summed E-state index contributed by atoms with van der Waals surface area (Å²) in [5.74, 6) is 0.814. The standard InChI is InChI=1S/C11H10N2O/c1-7-10(14-2)4-3-9-11(7)8(5-12)6-13-9/h3-4,6,13H,1-2H3. The zero-order chi connectivity index (χ0) is 10.1. The molecule has 0 aliphatic heterocycles. The van der Waals surface area contributed by atoms with Gasteiger partial charge in [-0.2, -0.15) is 5.26 Å². The summed E-state index contributed by atoms with van der Waals surface area (Å²) in [6.07, 6.45) is 1.72. The first-order chi connectivity index (χ1) is 6.77. The quantitative estimate of drug-likeness (QED) is 0.743. The predicted molar refractivity (Wildman–Crippen MR) is 54.3 cm³/mol. The maximum absolute atomic E-state index is 8.90. The van der Waals surface area contributed by atoms with Gasteiger partial charge >= 0.3 is 0 Å². The van der Waals surface area contributed by atoms with Crippen molar-refractivity contribution < 1.29 is 4.74 Å². The average Bonchev–Trinajstić information content (AvgIpc) is 2.62. The fourth-order valence-electron chi connectivity index (χ4n) is 1.69. The van der Waals surface area contributed by atoms with Crippen LogP contribution in [0.2, 0.25) is 0 Å². The van der Waals surface area contributed by atoms with Crippen molar-refractivity contribution >= 4 is 10.9 Å². The summed E-state index contributed by atoms with van der Waals surface area (Å²) >= 11 is 0. The summed E-state index contributed by atoms with van der Waals surface area (Å²) in [5, 5.41) is 9.85. The fourth-order valence-corrected chi connectivity index (χ4v) is 1.69. The van der Waals surface area contributed by atoms with Gasteiger partial charge in [0.15, 0.2) is 0 Å². The smallest absolute Gasteiger partial charge is 0.122 e. The predicted octanol–water partition coefficient (Wildman–Crippen LogP) is 2.36. The van der Waals surface area contributed by atoms with E-state index in [1.807, 2.05) is 19.1 Å². The van der Waals surface area contributed by atoms with Crippen LogP contribution in [0.15, 0.2) is 18.3 Å². The van der Waals surface area contributed by atoms with Crippen LogP contribution in [0, 0.1) is 18.3 Å². The van der Waals surface area contributed by atoms with Crippen LogP contribution < -0.4 is 4.74 Å². The first-order valence-corrected chi connectivity index (χ1v) is 4.32. The largest absolute Gasteiger partial charge is 0.496 e. The average molecular weight is 186 g/mol. The Morgan fingerprint density at radius 1 is 1.43 bits per heavy atom. The van der Waals surface area contributed by atoms with Gasteiger partial charge < -0.3 is 9.72 Å². The Morgan fingerprint density at radius 2 is 2.21 bits per heavy atom. The zero-order valence-electron chi connectivity index (χ0n) is 8.09. The second kappa shape index (κ2) is 3.08. The van der Waals surface area contributed by atoms with Crippen molar-refractivity contribution in [3.63, 3.8) is 0 Å². The third-order valence-corrected chi connectivity index (χ3v) is 2.40. The highest BCUT2D eigenvalue weighted by molar-refractivity contribution is 5.90. The topological polar surface area (TPSA) is 48.8 Å². The number of aromatic nitrogens is 1. The van der Waals surface area contributed by atoms with Gasteiger partial charge in [-0.25, -0.2) is 0 Å². The molecule has 0 aliphatic rings. The van der Waals surface area contributed by atoms with Gasteiger partial charge in [-0.15, -0.1) is 0 Å². The minimum absolute atomic E-state index is 0.663. The molecular formula is C11H10N2O. The Hall–Kier alpha value is -1.95. The van der Waals surface area contributed by atoms with E-state index in [1.165, 1.54) is 0 Å². The summed E-state index contributed by atoms with van der Waals surface area (Å²) in [6.45, 7) is 1.95. The zero-order valence-corrected chi connectivity index (χ0v) is 8.09. The Morgan fingerprint density at radius 3 is 2.86 bits per heavy atom. The number of hydrogen-bond donors (Lipinski definition) is 1. The highest BCUT2D eigenvalue weighted by Gasteiger charge is 2.09. The maximum Gasteiger partial charge on any atom is 0.122 e. The molecule has 0 saturated heterocycles. The van der Waals surface area contributed by atoms with E-state index in [0.29, 0.717) is 5.56 Å². The van der Waals surface area contributed by atoms with Gasteiger partial charge in [0.2, 0.25) is 0 Å². The molecule has 0 aliphatic carbocycles. The van der Waals surface area contributed by atoms with E-state index in [-0.39, 0.29) is 0 Å². The molecule has 0 bridgehead atoms. The van der Waals surface area contributed by atoms with Crippen molar-refractivity contribution in [1.29, 1.82) is 5.26 Å². The minimum Gasteiger partial charge on any atom is -0.496 e. The molecule has 0 amide bonds. The number of nitrogens with zero attached hydrogens (tertiary/aromatic N) is 1. The summed E-state index contributed by atoms with van der Waals surface area (Å²) < 4.78 is 5.20. The normalized spacial score (nSPS) is 10.1. The molecule has 3 nitrogen and oxygen atoms in total. The van der Waals surface area contributed by atoms with E-state index in [0.717, 1.165) is 22.2 Å². The summed E-state index contributed by atoms with van der Waals surface area (Å²) in [5.41, 5.74) is 2.64. The molecule has 0 saturated carbocycles. The van der Waals surface area contributed by atoms with Crippen LogP contribution >= 0.6 is 0 Å². The number of ether oxygens (including phenoxy) is 1. The molecule has 0 atom stereocenters. The Balaban J connectivity index is 2.85. The first kappa shape index (κ1) is 8.64. The number of rotatable bonds is 1. The van der Waals surface area contributed by atoms with Crippen LogP contribution in [0.1, 0.15) is 11.1 Å². The van der Waals surface area contributed by atoms with Gasteiger partial charge in [-0.1, -0.05) is 0 Å². The number of aromatic amines is 1. The molecule has 70 valence electrons. The van der Waals surface area contributed by atoms with Crippen molar-refractivity contribution in [3.05, 3.63) is 29.5 Å². The number of methoxy groups -OCH3 is 1. The van der Waals surface area contributed by atoms with Crippen LogP contribution in [0.25, 0.3) is 10.9 Å². The lowest BCUT2D eigenvalue weighted by Crippen LogP contribution is -1.87. The molecule has 3 heteroatoms. The molecule has 1 aromatic heterocycles. The van der Waals surface area contributed by atoms with Gasteiger partial charge in [0.25, 0.3) is 0 Å². The van der Waals surface area contributed by atoms with E-state index >= 15 is 0 Å². The van der Waals surface area contributed by atoms with Crippen LogP contribution in [-0.4, -0.2) is 12.1 Å². The lowest BCUT2D eigenvalue weighted by molar-refractivity contribution is 0.412. The maximum atomic E-state index is 8.90. The second-order valence-corrected chi connectivity index (χ2v) is 3.13. The SMILES string of the molecule is COc1ccc2[nH]cc(C#N)c2c1C. The number of H-pyrrole nitrogens is 1. The van der Waals surface area contributed by atoms with E-state index in [2.05, 4.69) is 11.1 Å². The molecule has 0 fully saturated rings. The van der Waals surface area contributed by atoms with Crippen LogP contribution in [-0.2, 0) is 0 Å². The van der Waals surface area contributed by atoms with Gasteiger partial charge in [-0.05, 0) is 19.1 Å². The number of hydrogen-bond acceptors (Lipinski definition) is 2.